The lowest BCUT2D eigenvalue weighted by Gasteiger charge is -2.08. The van der Waals surface area contributed by atoms with Crippen LogP contribution in [0.25, 0.3) is 11.2 Å². The van der Waals surface area contributed by atoms with Crippen LogP contribution in [0.4, 0.5) is 5.69 Å². The number of carbonyl (C=O) groups is 1. The first-order valence-corrected chi connectivity index (χ1v) is 9.32. The van der Waals surface area contributed by atoms with Crippen LogP contribution in [0.3, 0.4) is 0 Å². The number of fused-ring (bicyclic) bond motifs is 1. The highest BCUT2D eigenvalue weighted by atomic mass is 16.2. The number of aromatic amines is 1. The van der Waals surface area contributed by atoms with Crippen LogP contribution in [0, 0.1) is 0 Å². The summed E-state index contributed by atoms with van der Waals surface area (Å²) in [4.78, 5) is 42.8. The van der Waals surface area contributed by atoms with Gasteiger partial charge in [0.2, 0.25) is 5.91 Å². The molecule has 3 aromatic rings. The zero-order valence-corrected chi connectivity index (χ0v) is 16.0. The van der Waals surface area contributed by atoms with Gasteiger partial charge in [-0.1, -0.05) is 13.3 Å². The quantitative estimate of drug-likeness (QED) is 0.541. The second-order valence-corrected chi connectivity index (χ2v) is 6.50. The molecule has 0 aliphatic rings. The molecule has 0 unspecified atom stereocenters. The van der Waals surface area contributed by atoms with Crippen molar-refractivity contribution in [1.82, 2.24) is 19.1 Å². The molecule has 0 saturated carbocycles. The van der Waals surface area contributed by atoms with Crippen molar-refractivity contribution in [3.8, 4) is 0 Å². The summed E-state index contributed by atoms with van der Waals surface area (Å²) in [6.07, 6.45) is 1.75. The third-order valence-corrected chi connectivity index (χ3v) is 4.64. The van der Waals surface area contributed by atoms with Gasteiger partial charge in [0.15, 0.2) is 11.2 Å². The predicted molar refractivity (Wildman–Crippen MR) is 107 cm³/mol. The summed E-state index contributed by atoms with van der Waals surface area (Å²) in [5.41, 5.74) is 6.41. The largest absolute Gasteiger partial charge is 0.378 e. The van der Waals surface area contributed by atoms with Gasteiger partial charge in [0.05, 0.1) is 6.54 Å². The van der Waals surface area contributed by atoms with Gasteiger partial charge in [-0.3, -0.25) is 19.1 Å². The number of amides is 1. The molecule has 0 saturated heterocycles. The molecule has 2 heterocycles. The lowest BCUT2D eigenvalue weighted by molar-refractivity contribution is 0.100. The Hall–Kier alpha value is -3.36. The van der Waals surface area contributed by atoms with Gasteiger partial charge in [0.25, 0.3) is 5.56 Å². The Balaban J connectivity index is 1.96. The van der Waals surface area contributed by atoms with Crippen molar-refractivity contribution >= 4 is 22.8 Å². The number of nitrogens with one attached hydrogen (secondary N) is 2. The number of imidazole rings is 1. The number of nitrogens with two attached hydrogens (primary N) is 1. The Morgan fingerprint density at radius 2 is 1.89 bits per heavy atom. The lowest BCUT2D eigenvalue weighted by atomic mass is 10.2. The lowest BCUT2D eigenvalue weighted by Crippen LogP contribution is -2.31. The van der Waals surface area contributed by atoms with Crippen LogP contribution in [0.2, 0.25) is 0 Å². The van der Waals surface area contributed by atoms with Crippen molar-refractivity contribution in [2.45, 2.75) is 46.3 Å². The minimum atomic E-state index is -0.483. The van der Waals surface area contributed by atoms with E-state index >= 15 is 0 Å². The average molecular weight is 384 g/mol. The zero-order valence-electron chi connectivity index (χ0n) is 16.0. The monoisotopic (exact) mass is 384 g/mol. The third-order valence-electron chi connectivity index (χ3n) is 4.64. The molecule has 0 aliphatic carbocycles. The van der Waals surface area contributed by atoms with E-state index in [1.54, 1.807) is 28.8 Å². The number of nitrogens with zero attached hydrogens (tertiary/aromatic N) is 3. The van der Waals surface area contributed by atoms with Crippen molar-refractivity contribution in [3.05, 3.63) is 56.5 Å². The fourth-order valence-electron chi connectivity index (χ4n) is 3.15. The molecular formula is C19H24N6O3. The Bertz CT molecular complexity index is 1110. The van der Waals surface area contributed by atoms with Gasteiger partial charge < -0.3 is 15.6 Å². The molecule has 3 rings (SSSR count). The van der Waals surface area contributed by atoms with Crippen LogP contribution in [-0.4, -0.2) is 25.0 Å². The minimum Gasteiger partial charge on any atom is -0.378 e. The number of benzene rings is 1. The summed E-state index contributed by atoms with van der Waals surface area (Å²) in [5, 5.41) is 3.22. The van der Waals surface area contributed by atoms with E-state index in [9.17, 15) is 14.4 Å². The number of unbranched alkanes of at least 4 members (excludes halogenated alkanes) is 1. The Kier molecular flexibility index (Phi) is 5.62. The van der Waals surface area contributed by atoms with Crippen LogP contribution in [0.1, 0.15) is 42.9 Å². The molecule has 1 amide bonds. The van der Waals surface area contributed by atoms with Crippen LogP contribution in [0.15, 0.2) is 33.9 Å². The van der Waals surface area contributed by atoms with Crippen molar-refractivity contribution in [1.29, 1.82) is 0 Å². The number of hydrogen-bond acceptors (Lipinski definition) is 5. The van der Waals surface area contributed by atoms with E-state index in [0.29, 0.717) is 42.2 Å². The van der Waals surface area contributed by atoms with Crippen LogP contribution < -0.4 is 22.3 Å². The van der Waals surface area contributed by atoms with Crippen molar-refractivity contribution in [2.24, 2.45) is 5.73 Å². The standard InChI is InChI=1S/C19H24N6O3/c1-3-5-10-25-17-15(18(27)23-19(25)28)24(4-2)14(22-17)11-21-13-8-6-12(7-9-13)16(20)26/h6-9,21H,3-5,10-11H2,1-2H3,(H2,20,26)(H,23,27,28). The van der Waals surface area contributed by atoms with Gasteiger partial charge in [-0.15, -0.1) is 0 Å². The smallest absolute Gasteiger partial charge is 0.330 e. The highest BCUT2D eigenvalue weighted by Crippen LogP contribution is 2.15. The van der Waals surface area contributed by atoms with Gasteiger partial charge >= 0.3 is 5.69 Å². The molecule has 0 aliphatic heterocycles. The second-order valence-electron chi connectivity index (χ2n) is 6.50. The van der Waals surface area contributed by atoms with Crippen LogP contribution in [-0.2, 0) is 19.6 Å². The number of anilines is 1. The maximum absolute atomic E-state index is 12.4. The number of hydrogen-bond donors (Lipinski definition) is 3. The summed E-state index contributed by atoms with van der Waals surface area (Å²) < 4.78 is 3.33. The summed E-state index contributed by atoms with van der Waals surface area (Å²) in [7, 11) is 0. The molecule has 28 heavy (non-hydrogen) atoms. The van der Waals surface area contributed by atoms with E-state index in [-0.39, 0.29) is 0 Å². The molecule has 2 aromatic heterocycles. The number of aromatic nitrogens is 4. The van der Waals surface area contributed by atoms with Gasteiger partial charge in [-0.05, 0) is 37.6 Å². The zero-order chi connectivity index (χ0) is 20.3. The number of primary amides is 1. The maximum Gasteiger partial charge on any atom is 0.330 e. The molecular weight excluding hydrogens is 360 g/mol. The number of aryl methyl sites for hydroxylation is 2. The predicted octanol–water partition coefficient (Wildman–Crippen LogP) is 1.42. The molecule has 0 bridgehead atoms. The van der Waals surface area contributed by atoms with Crippen LogP contribution >= 0.6 is 0 Å². The fourth-order valence-corrected chi connectivity index (χ4v) is 3.15. The average Bonchev–Trinajstić information content (AvgIpc) is 3.05. The SMILES string of the molecule is CCCCn1c(=O)[nH]c(=O)c2c1nc(CNc1ccc(C(N)=O)cc1)n2CC. The van der Waals surface area contributed by atoms with Crippen molar-refractivity contribution in [2.75, 3.05) is 5.32 Å². The van der Waals surface area contributed by atoms with Gasteiger partial charge in [-0.25, -0.2) is 9.78 Å². The Morgan fingerprint density at radius 3 is 2.50 bits per heavy atom. The molecule has 0 spiro atoms. The highest BCUT2D eigenvalue weighted by Gasteiger charge is 2.17. The highest BCUT2D eigenvalue weighted by molar-refractivity contribution is 5.93. The summed E-state index contributed by atoms with van der Waals surface area (Å²) in [6, 6.07) is 6.78. The van der Waals surface area contributed by atoms with Gasteiger partial charge in [0.1, 0.15) is 5.82 Å². The van der Waals surface area contributed by atoms with E-state index in [0.717, 1.165) is 18.5 Å². The molecule has 9 heteroatoms. The third kappa shape index (κ3) is 3.68. The number of carbonyl (C=O) groups excluding carboxylic acids is 1. The van der Waals surface area contributed by atoms with Gasteiger partial charge in [0, 0.05) is 24.3 Å². The number of rotatable bonds is 8. The second kappa shape index (κ2) is 8.12. The molecule has 0 atom stereocenters. The fraction of sp³-hybridized carbons (Fsp3) is 0.368. The number of H-pyrrole nitrogens is 1. The topological polar surface area (TPSA) is 128 Å². The molecule has 0 fully saturated rings. The van der Waals surface area contributed by atoms with E-state index in [1.165, 1.54) is 4.57 Å². The molecule has 9 nitrogen and oxygen atoms in total. The molecule has 148 valence electrons. The van der Waals surface area contributed by atoms with E-state index < -0.39 is 17.2 Å². The first kappa shape index (κ1) is 19.4. The summed E-state index contributed by atoms with van der Waals surface area (Å²) in [6.45, 7) is 5.37. The summed E-state index contributed by atoms with van der Waals surface area (Å²) in [5.74, 6) is 0.168. The van der Waals surface area contributed by atoms with Crippen molar-refractivity contribution in [3.63, 3.8) is 0 Å². The first-order chi connectivity index (χ1) is 13.5. The van der Waals surface area contributed by atoms with Crippen LogP contribution in [0.5, 0.6) is 0 Å². The summed E-state index contributed by atoms with van der Waals surface area (Å²) >= 11 is 0. The van der Waals surface area contributed by atoms with Gasteiger partial charge in [-0.2, -0.15) is 0 Å². The molecule has 0 radical (unpaired) electrons. The van der Waals surface area contributed by atoms with Crippen molar-refractivity contribution < 1.29 is 4.79 Å². The minimum absolute atomic E-state index is 0.361. The molecule has 4 N–H and O–H groups in total. The normalized spacial score (nSPS) is 11.1. The molecule has 1 aromatic carbocycles. The Morgan fingerprint density at radius 1 is 1.18 bits per heavy atom. The van der Waals surface area contributed by atoms with E-state index in [2.05, 4.69) is 15.3 Å². The Labute approximate surface area is 161 Å². The maximum atomic E-state index is 12.4. The van der Waals surface area contributed by atoms with E-state index in [1.807, 2.05) is 13.8 Å². The van der Waals surface area contributed by atoms with E-state index in [4.69, 9.17) is 5.73 Å². The first-order valence-electron chi connectivity index (χ1n) is 9.32.